The van der Waals surface area contributed by atoms with Gasteiger partial charge >= 0.3 is 124 Å². The monoisotopic (exact) mass is 737 g/mol. The molecule has 0 aliphatic carbocycles. The SMILES string of the molecule is C=C(CC(=O)O)C(=O)O.C=C(CC(=O)O)C(=O)O.C=C(CC(=O)O)C(=O)O.C=COS(=O)[O-].O=C([O-])C=C(CC(=O)[O-])C(=O)[O-].[Na+].[Na+].[Na+]. The van der Waals surface area contributed by atoms with E-state index in [9.17, 15) is 67.2 Å². The van der Waals surface area contributed by atoms with Crippen molar-refractivity contribution in [2.24, 2.45) is 0 Å². The van der Waals surface area contributed by atoms with Crippen molar-refractivity contribution in [3.05, 3.63) is 60.9 Å². The van der Waals surface area contributed by atoms with Gasteiger partial charge in [-0.05, 0) is 11.6 Å². The Morgan fingerprint density at radius 3 is 0.958 bits per heavy atom. The van der Waals surface area contributed by atoms with Crippen molar-refractivity contribution in [3.63, 3.8) is 0 Å². The first kappa shape index (κ1) is 63.5. The molecule has 0 aliphatic rings. The fourth-order valence-corrected chi connectivity index (χ4v) is 1.42. The molecule has 1 unspecified atom stereocenters. The molecule has 25 heteroatoms. The van der Waals surface area contributed by atoms with Gasteiger partial charge < -0.3 is 69.1 Å². The van der Waals surface area contributed by atoms with Crippen LogP contribution in [0.5, 0.6) is 0 Å². The second kappa shape index (κ2) is 38.3. The summed E-state index contributed by atoms with van der Waals surface area (Å²) in [4.78, 5) is 88.6. The number of carbonyl (C=O) groups excluding carboxylic acids is 3. The van der Waals surface area contributed by atoms with E-state index < -0.39 is 96.3 Å². The second-order valence-corrected chi connectivity index (χ2v) is 7.33. The summed E-state index contributed by atoms with van der Waals surface area (Å²) in [6.07, 6.45) is -1.55. The largest absolute Gasteiger partial charge is 1.00 e. The van der Waals surface area contributed by atoms with Crippen LogP contribution >= 0.6 is 0 Å². The first-order chi connectivity index (χ1) is 20.3. The Morgan fingerprint density at radius 1 is 0.604 bits per heavy atom. The van der Waals surface area contributed by atoms with Gasteiger partial charge in [-0.3, -0.25) is 14.4 Å². The molecule has 0 saturated heterocycles. The van der Waals surface area contributed by atoms with Crippen LogP contribution in [0.1, 0.15) is 25.7 Å². The maximum Gasteiger partial charge on any atom is 1.00 e. The molecule has 0 aromatic carbocycles. The zero-order valence-electron chi connectivity index (χ0n) is 25.5. The summed E-state index contributed by atoms with van der Waals surface area (Å²) >= 11 is -2.43. The molecule has 48 heavy (non-hydrogen) atoms. The summed E-state index contributed by atoms with van der Waals surface area (Å²) in [7, 11) is 0. The molecule has 0 fully saturated rings. The number of hydrogen-bond acceptors (Lipinski definition) is 15. The number of rotatable bonds is 15. The average Bonchev–Trinajstić information content (AvgIpc) is 2.83. The molecule has 1 atom stereocenters. The van der Waals surface area contributed by atoms with Gasteiger partial charge in [-0.25, -0.2) is 18.6 Å². The Bertz CT molecular complexity index is 1150. The third-order valence-electron chi connectivity index (χ3n) is 3.04. The zero-order valence-corrected chi connectivity index (χ0v) is 32.3. The third-order valence-corrected chi connectivity index (χ3v) is 3.33. The predicted molar refractivity (Wildman–Crippen MR) is 135 cm³/mol. The number of carboxylic acid groups (broad SMARTS) is 9. The fraction of sp³-hybridized carbons (Fsp3) is 0.174. The quantitative estimate of drug-likeness (QED) is 0.0393. The minimum Gasteiger partial charge on any atom is -0.740 e. The molecule has 0 aliphatic heterocycles. The van der Waals surface area contributed by atoms with Gasteiger partial charge in [0.15, 0.2) is 0 Å². The normalized spacial score (nSPS) is 9.06. The maximum atomic E-state index is 10.0. The number of aliphatic carboxylic acids is 9. The molecular weight excluding hydrogens is 713 g/mol. The average molecular weight is 737 g/mol. The smallest absolute Gasteiger partial charge is 0.740 e. The van der Waals surface area contributed by atoms with Crippen molar-refractivity contribution in [2.45, 2.75) is 25.7 Å². The van der Waals surface area contributed by atoms with Crippen molar-refractivity contribution < 1.29 is 191 Å². The first-order valence-electron chi connectivity index (χ1n) is 10.4. The Hall–Kier alpha value is -3.16. The Balaban J connectivity index is -0.0000000693. The number of hydrogen-bond donors (Lipinski definition) is 6. The number of carbonyl (C=O) groups is 9. The second-order valence-electron chi connectivity index (χ2n) is 6.73. The van der Waals surface area contributed by atoms with Gasteiger partial charge in [0.1, 0.15) is 11.4 Å². The molecule has 0 radical (unpaired) electrons. The summed E-state index contributed by atoms with van der Waals surface area (Å²) < 4.78 is 22.3. The van der Waals surface area contributed by atoms with Crippen LogP contribution in [-0.2, 0) is 58.7 Å². The van der Waals surface area contributed by atoms with Crippen LogP contribution in [0.2, 0.25) is 0 Å². The van der Waals surface area contributed by atoms with E-state index in [1.54, 1.807) is 0 Å². The molecule has 0 spiro atoms. The Kier molecular flexibility index (Phi) is 50.7. The van der Waals surface area contributed by atoms with E-state index in [0.717, 1.165) is 6.26 Å². The van der Waals surface area contributed by atoms with Gasteiger partial charge in [0, 0.05) is 29.1 Å². The van der Waals surface area contributed by atoms with Gasteiger partial charge in [0.05, 0.1) is 37.5 Å². The molecule has 0 heterocycles. The van der Waals surface area contributed by atoms with Crippen molar-refractivity contribution in [3.8, 4) is 0 Å². The van der Waals surface area contributed by atoms with Crippen molar-refractivity contribution in [1.82, 2.24) is 0 Å². The minimum absolute atomic E-state index is 0. The van der Waals surface area contributed by atoms with Crippen LogP contribution < -0.4 is 104 Å². The molecule has 0 bridgehead atoms. The van der Waals surface area contributed by atoms with Gasteiger partial charge in [-0.15, -0.1) is 0 Å². The van der Waals surface area contributed by atoms with Gasteiger partial charge in [0.25, 0.3) is 0 Å². The van der Waals surface area contributed by atoms with Crippen LogP contribution in [0.3, 0.4) is 0 Å². The topological polar surface area (TPSA) is 394 Å². The van der Waals surface area contributed by atoms with Crippen molar-refractivity contribution in [1.29, 1.82) is 0 Å². The molecule has 21 nitrogen and oxygen atoms in total. The summed E-state index contributed by atoms with van der Waals surface area (Å²) in [5, 5.41) is 77.9. The predicted octanol–water partition coefficient (Wildman–Crippen LogP) is -13.2. The summed E-state index contributed by atoms with van der Waals surface area (Å²) in [6, 6.07) is 0. The molecular formula is C23H24Na3O21S-. The van der Waals surface area contributed by atoms with Gasteiger partial charge in [-0.2, -0.15) is 0 Å². The molecule has 0 amide bonds. The van der Waals surface area contributed by atoms with E-state index in [-0.39, 0.29) is 111 Å². The molecule has 0 saturated carbocycles. The Morgan fingerprint density at radius 2 is 0.875 bits per heavy atom. The molecule has 252 valence electrons. The summed E-state index contributed by atoms with van der Waals surface area (Å²) in [5.41, 5.74) is -1.80. The van der Waals surface area contributed by atoms with E-state index in [4.69, 9.17) is 30.6 Å². The van der Waals surface area contributed by atoms with Gasteiger partial charge in [0.2, 0.25) is 0 Å². The summed E-state index contributed by atoms with van der Waals surface area (Å²) in [5.74, 6) is -12.7. The standard InChI is InChI=1S/C6H6O6.3C5H6O4.C2H4O3S.3Na/c7-4(8)1-3(6(11)12)2-5(9)10;3*1-3(5(8)9)2-4(6)7;1-2-5-6(3)4;;;/h1H,2H2,(H,7,8)(H,9,10)(H,11,12);3*1-2H2,(H,6,7)(H,8,9);2H,1H2,(H,3,4);;;/q;;;;;3*+1/p-4. The fourth-order valence-electron chi connectivity index (χ4n) is 1.31. The summed E-state index contributed by atoms with van der Waals surface area (Å²) in [6.45, 7) is 12.0. The minimum atomic E-state index is -2.43. The van der Waals surface area contributed by atoms with Crippen LogP contribution in [0, 0.1) is 0 Å². The Labute approximate surface area is 339 Å². The van der Waals surface area contributed by atoms with Crippen LogP contribution in [0.15, 0.2) is 60.9 Å². The van der Waals surface area contributed by atoms with E-state index in [1.807, 2.05) is 0 Å². The molecule has 6 N–H and O–H groups in total. The maximum absolute atomic E-state index is 10.0. The van der Waals surface area contributed by atoms with Crippen molar-refractivity contribution >= 4 is 65.1 Å². The molecule has 0 aromatic heterocycles. The van der Waals surface area contributed by atoms with E-state index in [2.05, 4.69) is 30.5 Å². The van der Waals surface area contributed by atoms with Crippen molar-refractivity contribution in [2.75, 3.05) is 0 Å². The van der Waals surface area contributed by atoms with E-state index >= 15 is 0 Å². The van der Waals surface area contributed by atoms with Crippen LogP contribution in [0.4, 0.5) is 0 Å². The van der Waals surface area contributed by atoms with E-state index in [0.29, 0.717) is 0 Å². The molecule has 0 aromatic rings. The number of carboxylic acids is 9. The van der Waals surface area contributed by atoms with Gasteiger partial charge in [-0.1, -0.05) is 26.3 Å². The van der Waals surface area contributed by atoms with Crippen LogP contribution in [-0.4, -0.2) is 93.1 Å². The third kappa shape index (κ3) is 58.4. The first-order valence-corrected chi connectivity index (χ1v) is 11.4. The zero-order chi connectivity index (χ0) is 37.0. The van der Waals surface area contributed by atoms with E-state index in [1.165, 1.54) is 0 Å². The molecule has 0 rings (SSSR count). The van der Waals surface area contributed by atoms with Crippen LogP contribution in [0.25, 0.3) is 0 Å².